The number of carbonyl (C=O) groups excluding carboxylic acids is 1. The monoisotopic (exact) mass is 409 g/mol. The molecule has 1 spiro atoms. The molecule has 1 aromatic heterocycles. The summed E-state index contributed by atoms with van der Waals surface area (Å²) in [6.45, 7) is 5.74. The van der Waals surface area contributed by atoms with Crippen molar-refractivity contribution in [1.29, 1.82) is 0 Å². The highest BCUT2D eigenvalue weighted by atomic mass is 16.5. The van der Waals surface area contributed by atoms with E-state index in [2.05, 4.69) is 20.5 Å². The van der Waals surface area contributed by atoms with E-state index >= 15 is 0 Å². The second-order valence-corrected chi connectivity index (χ2v) is 9.18. The predicted molar refractivity (Wildman–Crippen MR) is 113 cm³/mol. The number of rotatable bonds is 4. The Morgan fingerprint density at radius 1 is 1.27 bits per heavy atom. The van der Waals surface area contributed by atoms with Crippen molar-refractivity contribution in [3.8, 4) is 0 Å². The minimum absolute atomic E-state index is 0.0902. The predicted octanol–water partition coefficient (Wildman–Crippen LogP) is 2.82. The molecule has 2 fully saturated rings. The lowest BCUT2D eigenvalue weighted by atomic mass is 9.94. The van der Waals surface area contributed by atoms with Crippen molar-refractivity contribution in [3.63, 3.8) is 0 Å². The fourth-order valence-corrected chi connectivity index (χ4v) is 5.26. The van der Waals surface area contributed by atoms with Gasteiger partial charge in [0.25, 0.3) is 5.91 Å². The lowest BCUT2D eigenvalue weighted by Gasteiger charge is -2.36. The molecule has 3 aliphatic rings. The number of benzene rings is 1. The summed E-state index contributed by atoms with van der Waals surface area (Å²) in [6.07, 6.45) is 7.82. The Morgan fingerprint density at radius 2 is 2.13 bits per heavy atom. The van der Waals surface area contributed by atoms with Gasteiger partial charge in [0.1, 0.15) is 11.3 Å². The molecular weight excluding hydrogens is 378 g/mol. The number of ether oxygens (including phenoxy) is 1. The van der Waals surface area contributed by atoms with E-state index in [-0.39, 0.29) is 11.5 Å². The number of nitrogens with one attached hydrogen (secondary N) is 1. The van der Waals surface area contributed by atoms with Crippen LogP contribution < -0.4 is 5.32 Å². The molecule has 0 bridgehead atoms. The fraction of sp³-hybridized carbons (Fsp3) is 0.609. The van der Waals surface area contributed by atoms with Crippen molar-refractivity contribution in [1.82, 2.24) is 25.2 Å². The molecule has 30 heavy (non-hydrogen) atoms. The summed E-state index contributed by atoms with van der Waals surface area (Å²) >= 11 is 0. The minimum atomic E-state index is -0.139. The van der Waals surface area contributed by atoms with E-state index in [1.165, 1.54) is 32.1 Å². The molecule has 5 rings (SSSR count). The maximum absolute atomic E-state index is 12.4. The zero-order chi connectivity index (χ0) is 20.6. The third kappa shape index (κ3) is 3.88. The van der Waals surface area contributed by atoms with Crippen LogP contribution in [-0.2, 0) is 24.4 Å². The summed E-state index contributed by atoms with van der Waals surface area (Å²) in [5.74, 6) is -0.0902. The van der Waals surface area contributed by atoms with E-state index < -0.39 is 0 Å². The van der Waals surface area contributed by atoms with E-state index in [1.807, 2.05) is 35.9 Å². The molecule has 1 unspecified atom stereocenters. The highest BCUT2D eigenvalue weighted by Crippen LogP contribution is 2.36. The maximum atomic E-state index is 12.4. The standard InChI is InChI=1S/C23H31N5O2/c1-17-6-5-7-18(12-17)22(29)24-13-20-21-14-30-23(16-28(21)26-25-20)10-11-27(15-23)19-8-3-2-4-9-19/h5-7,12,19H,2-4,8-11,13-16H2,1H3,(H,24,29). The Hall–Kier alpha value is -2.25. The molecule has 1 amide bonds. The summed E-state index contributed by atoms with van der Waals surface area (Å²) in [4.78, 5) is 15.1. The number of hydrogen-bond donors (Lipinski definition) is 1. The van der Waals surface area contributed by atoms with E-state index in [4.69, 9.17) is 4.74 Å². The smallest absolute Gasteiger partial charge is 0.251 e. The van der Waals surface area contributed by atoms with Gasteiger partial charge in [-0.2, -0.15) is 0 Å². The number of fused-ring (bicyclic) bond motifs is 1. The van der Waals surface area contributed by atoms with Gasteiger partial charge in [0.2, 0.25) is 0 Å². The molecule has 1 aromatic carbocycles. The van der Waals surface area contributed by atoms with Crippen LogP contribution in [0.2, 0.25) is 0 Å². The topological polar surface area (TPSA) is 72.3 Å². The van der Waals surface area contributed by atoms with E-state index in [0.717, 1.165) is 49.0 Å². The lowest BCUT2D eigenvalue weighted by molar-refractivity contribution is -0.0864. The Morgan fingerprint density at radius 3 is 2.97 bits per heavy atom. The van der Waals surface area contributed by atoms with Crippen LogP contribution in [0, 0.1) is 6.92 Å². The number of hydrogen-bond acceptors (Lipinski definition) is 5. The Kier molecular flexibility index (Phi) is 5.33. The van der Waals surface area contributed by atoms with Crippen LogP contribution in [0.5, 0.6) is 0 Å². The molecule has 3 heterocycles. The number of carbonyl (C=O) groups is 1. The summed E-state index contributed by atoms with van der Waals surface area (Å²) in [5.41, 5.74) is 3.38. The fourth-order valence-electron chi connectivity index (χ4n) is 5.26. The zero-order valence-corrected chi connectivity index (χ0v) is 17.8. The molecular formula is C23H31N5O2. The second kappa shape index (κ2) is 8.12. The van der Waals surface area contributed by atoms with Crippen molar-refractivity contribution in [2.45, 2.75) is 76.8 Å². The van der Waals surface area contributed by atoms with Gasteiger partial charge in [-0.15, -0.1) is 5.10 Å². The third-order valence-corrected chi connectivity index (χ3v) is 7.00. The largest absolute Gasteiger partial charge is 0.365 e. The quantitative estimate of drug-likeness (QED) is 0.841. The van der Waals surface area contributed by atoms with Crippen LogP contribution in [0.3, 0.4) is 0 Å². The van der Waals surface area contributed by atoms with Gasteiger partial charge in [-0.05, 0) is 38.3 Å². The van der Waals surface area contributed by atoms with E-state index in [0.29, 0.717) is 18.7 Å². The van der Waals surface area contributed by atoms with Gasteiger partial charge >= 0.3 is 0 Å². The Bertz CT molecular complexity index is 920. The van der Waals surface area contributed by atoms with Crippen molar-refractivity contribution in [3.05, 3.63) is 46.8 Å². The molecule has 1 aliphatic carbocycles. The highest BCUT2D eigenvalue weighted by molar-refractivity contribution is 5.94. The highest BCUT2D eigenvalue weighted by Gasteiger charge is 2.45. The first kappa shape index (κ1) is 19.7. The number of aryl methyl sites for hydroxylation is 1. The van der Waals surface area contributed by atoms with Crippen LogP contribution >= 0.6 is 0 Å². The number of nitrogens with zero attached hydrogens (tertiary/aromatic N) is 4. The van der Waals surface area contributed by atoms with Crippen LogP contribution in [0.15, 0.2) is 24.3 Å². The Balaban J connectivity index is 1.21. The molecule has 160 valence electrons. The molecule has 1 saturated heterocycles. The van der Waals surface area contributed by atoms with Crippen molar-refractivity contribution in [2.24, 2.45) is 0 Å². The van der Waals surface area contributed by atoms with Crippen molar-refractivity contribution in [2.75, 3.05) is 13.1 Å². The van der Waals surface area contributed by atoms with Crippen LogP contribution in [0.25, 0.3) is 0 Å². The molecule has 7 heteroatoms. The van der Waals surface area contributed by atoms with Crippen molar-refractivity contribution >= 4 is 5.91 Å². The van der Waals surface area contributed by atoms with E-state index in [9.17, 15) is 4.79 Å². The third-order valence-electron chi connectivity index (χ3n) is 7.00. The van der Waals surface area contributed by atoms with Crippen LogP contribution in [0.1, 0.15) is 65.8 Å². The summed E-state index contributed by atoms with van der Waals surface area (Å²) in [5, 5.41) is 11.7. The van der Waals surface area contributed by atoms with Gasteiger partial charge in [0.05, 0.1) is 25.4 Å². The zero-order valence-electron chi connectivity index (χ0n) is 17.8. The molecule has 1 N–H and O–H groups in total. The Labute approximate surface area is 177 Å². The normalized spacial score (nSPS) is 24.8. The first-order valence-corrected chi connectivity index (χ1v) is 11.3. The van der Waals surface area contributed by atoms with Gasteiger partial charge in [0.15, 0.2) is 0 Å². The number of likely N-dealkylation sites (tertiary alicyclic amines) is 1. The summed E-state index contributed by atoms with van der Waals surface area (Å²) in [6, 6.07) is 8.33. The lowest BCUT2D eigenvalue weighted by Crippen LogP contribution is -2.46. The van der Waals surface area contributed by atoms with Gasteiger partial charge < -0.3 is 10.1 Å². The first-order chi connectivity index (χ1) is 14.6. The summed E-state index contributed by atoms with van der Waals surface area (Å²) < 4.78 is 8.43. The van der Waals surface area contributed by atoms with Gasteiger partial charge in [-0.25, -0.2) is 4.68 Å². The minimum Gasteiger partial charge on any atom is -0.365 e. The average Bonchev–Trinajstić information content (AvgIpc) is 3.37. The van der Waals surface area contributed by atoms with Crippen molar-refractivity contribution < 1.29 is 9.53 Å². The number of amides is 1. The average molecular weight is 410 g/mol. The molecule has 7 nitrogen and oxygen atoms in total. The van der Waals surface area contributed by atoms with E-state index in [1.54, 1.807) is 0 Å². The number of aromatic nitrogens is 3. The molecule has 1 atom stereocenters. The molecule has 2 aromatic rings. The van der Waals surface area contributed by atoms with Gasteiger partial charge in [-0.1, -0.05) is 42.2 Å². The van der Waals surface area contributed by atoms with Crippen LogP contribution in [-0.4, -0.2) is 50.5 Å². The first-order valence-electron chi connectivity index (χ1n) is 11.3. The van der Waals surface area contributed by atoms with Gasteiger partial charge in [-0.3, -0.25) is 9.69 Å². The van der Waals surface area contributed by atoms with Gasteiger partial charge in [0, 0.05) is 24.7 Å². The SMILES string of the molecule is Cc1cccc(C(=O)NCc2nnn3c2COC2(CCN(C4CCCCC4)C2)C3)c1. The summed E-state index contributed by atoms with van der Waals surface area (Å²) in [7, 11) is 0. The maximum Gasteiger partial charge on any atom is 0.251 e. The molecule has 1 saturated carbocycles. The molecule has 0 radical (unpaired) electrons. The van der Waals surface area contributed by atoms with Crippen LogP contribution in [0.4, 0.5) is 0 Å². The second-order valence-electron chi connectivity index (χ2n) is 9.18. The molecule has 2 aliphatic heterocycles.